The van der Waals surface area contributed by atoms with Crippen molar-refractivity contribution in [3.05, 3.63) is 58.8 Å². The zero-order valence-electron chi connectivity index (χ0n) is 43.1. The summed E-state index contributed by atoms with van der Waals surface area (Å²) >= 11 is 1.54. The van der Waals surface area contributed by atoms with Crippen molar-refractivity contribution in [2.24, 2.45) is 29.1 Å². The number of thiazole rings is 1. The van der Waals surface area contributed by atoms with Crippen LogP contribution in [0.3, 0.4) is 0 Å². The number of cyclic esters (lactones) is 1. The van der Waals surface area contributed by atoms with Crippen LogP contribution in [-0.4, -0.2) is 112 Å². The van der Waals surface area contributed by atoms with E-state index in [1.165, 1.54) is 21.8 Å². The summed E-state index contributed by atoms with van der Waals surface area (Å²) in [6.45, 7) is 12.7. The van der Waals surface area contributed by atoms with Gasteiger partial charge in [-0.15, -0.1) is 11.3 Å². The second kappa shape index (κ2) is 24.4. The molecule has 0 spiro atoms. The molecule has 3 fully saturated rings. The third kappa shape index (κ3) is 14.5. The van der Waals surface area contributed by atoms with Crippen molar-refractivity contribution in [2.75, 3.05) is 19.7 Å². The molecule has 1 aromatic carbocycles. The minimum atomic E-state index is -1.97. The number of nitrogens with one attached hydrogen (secondary N) is 3. The number of nitrogens with zero attached hydrogens (tertiary/aromatic N) is 2. The molecule has 2 aromatic rings. The van der Waals surface area contributed by atoms with Crippen molar-refractivity contribution >= 4 is 41.1 Å². The number of allylic oxidation sites excluding steroid dienone is 3. The quantitative estimate of drug-likeness (QED) is 0.0562. The molecule has 0 bridgehead atoms. The Labute approximate surface area is 428 Å². The average molecular weight is 1020 g/mol. The molecule has 72 heavy (non-hydrogen) atoms. The number of benzene rings is 1. The van der Waals surface area contributed by atoms with Crippen LogP contribution in [0.5, 0.6) is 5.75 Å². The van der Waals surface area contributed by atoms with Gasteiger partial charge < -0.3 is 45.3 Å². The number of alkyl carbamates (subject to hydrolysis) is 1. The number of rotatable bonds is 22. The second-order valence-electron chi connectivity index (χ2n) is 22.2. The van der Waals surface area contributed by atoms with Gasteiger partial charge in [0.1, 0.15) is 30.0 Å². The SMILES string of the molecule is Cc1ncsc1-c1ccc(CNC(=O)[C@H]2C[C@H](O)CN2C(=O)[C@H](NC(=O)C2(F)CC2)C(C)(C)C)c(OCCCCCCCCCNC(=O)O[C@H]2C[C@@H](C)C=C3C=C[C@H](C)[C@H](CC[C@@H]4C[C@@H](O)CC(=O)O4)[C@H]32)c1. The zero-order chi connectivity index (χ0) is 51.7. The highest BCUT2D eigenvalue weighted by molar-refractivity contribution is 7.13. The summed E-state index contributed by atoms with van der Waals surface area (Å²) in [5, 5.41) is 29.3. The molecule has 1 saturated carbocycles. The van der Waals surface area contributed by atoms with Gasteiger partial charge >= 0.3 is 12.1 Å². The van der Waals surface area contributed by atoms with Crippen molar-refractivity contribution in [3.63, 3.8) is 0 Å². The van der Waals surface area contributed by atoms with E-state index in [-0.39, 0.29) is 86.7 Å². The fourth-order valence-corrected chi connectivity index (χ4v) is 11.7. The van der Waals surface area contributed by atoms with E-state index in [2.05, 4.69) is 53.0 Å². The van der Waals surface area contributed by atoms with Gasteiger partial charge in [-0.2, -0.15) is 0 Å². The molecular formula is C55H78FN5O10S. The molecule has 0 radical (unpaired) electrons. The van der Waals surface area contributed by atoms with E-state index in [1.54, 1.807) is 26.3 Å². The number of esters is 1. The van der Waals surface area contributed by atoms with Crippen LogP contribution in [-0.2, 0) is 35.2 Å². The number of carbonyl (C=O) groups is 5. The van der Waals surface area contributed by atoms with Gasteiger partial charge in [-0.25, -0.2) is 14.2 Å². The zero-order valence-corrected chi connectivity index (χ0v) is 43.9. The monoisotopic (exact) mass is 1020 g/mol. The number of halogens is 1. The smallest absolute Gasteiger partial charge is 0.407 e. The van der Waals surface area contributed by atoms with Crippen molar-refractivity contribution < 1.29 is 52.8 Å². The summed E-state index contributed by atoms with van der Waals surface area (Å²) in [5.74, 6) is -0.682. The predicted molar refractivity (Wildman–Crippen MR) is 272 cm³/mol. The van der Waals surface area contributed by atoms with Crippen LogP contribution in [0, 0.1) is 36.0 Å². The number of β-amino-alcohol motifs (C(OH)–C–C–N with tert-alkyl or cyclic N) is 1. The van der Waals surface area contributed by atoms with Gasteiger partial charge in [0.25, 0.3) is 5.91 Å². The first-order chi connectivity index (χ1) is 34.3. The Hall–Kier alpha value is -4.87. The summed E-state index contributed by atoms with van der Waals surface area (Å²) < 4.78 is 32.8. The van der Waals surface area contributed by atoms with E-state index >= 15 is 0 Å². The summed E-state index contributed by atoms with van der Waals surface area (Å²) in [7, 11) is 0. The molecule has 3 heterocycles. The van der Waals surface area contributed by atoms with Crippen molar-refractivity contribution in [2.45, 2.75) is 187 Å². The molecule has 17 heteroatoms. The lowest BCUT2D eigenvalue weighted by atomic mass is 9.65. The Kier molecular flexibility index (Phi) is 18.6. The number of aliphatic hydroxyl groups excluding tert-OH is 2. The first kappa shape index (κ1) is 54.9. The number of hydrogen-bond acceptors (Lipinski definition) is 12. The van der Waals surface area contributed by atoms with E-state index in [1.807, 2.05) is 25.1 Å². The number of fused-ring (bicyclic) bond motifs is 1. The number of ether oxygens (including phenoxy) is 3. The first-order valence-corrected chi connectivity index (χ1v) is 27.3. The van der Waals surface area contributed by atoms with Gasteiger partial charge in [0.05, 0.1) is 41.3 Å². The molecule has 5 N–H and O–H groups in total. The van der Waals surface area contributed by atoms with Gasteiger partial charge in [0, 0.05) is 44.0 Å². The number of aryl methyl sites for hydroxylation is 1. The van der Waals surface area contributed by atoms with E-state index in [9.17, 15) is 38.6 Å². The maximum absolute atomic E-state index is 14.7. The number of amides is 4. The molecule has 7 rings (SSSR count). The Morgan fingerprint density at radius 1 is 0.986 bits per heavy atom. The third-order valence-electron chi connectivity index (χ3n) is 15.1. The van der Waals surface area contributed by atoms with Crippen LogP contribution < -0.4 is 20.7 Å². The molecule has 4 amide bonds. The number of carbonyl (C=O) groups excluding carboxylic acids is 5. The summed E-state index contributed by atoms with van der Waals surface area (Å²) in [6.07, 6.45) is 13.9. The van der Waals surface area contributed by atoms with Crippen LogP contribution in [0.1, 0.15) is 142 Å². The van der Waals surface area contributed by atoms with Gasteiger partial charge in [-0.1, -0.05) is 97.1 Å². The lowest BCUT2D eigenvalue weighted by Crippen LogP contribution is -2.59. The fourth-order valence-electron chi connectivity index (χ4n) is 10.9. The molecule has 5 aliphatic rings. The fraction of sp³-hybridized carbons (Fsp3) is 0.673. The normalized spacial score (nSPS) is 27.0. The van der Waals surface area contributed by atoms with Crippen LogP contribution in [0.15, 0.2) is 47.5 Å². The number of alkyl halides is 1. The molecular weight excluding hydrogens is 942 g/mol. The van der Waals surface area contributed by atoms with E-state index in [4.69, 9.17) is 14.2 Å². The summed E-state index contributed by atoms with van der Waals surface area (Å²) in [5.41, 5.74) is 2.87. The topological polar surface area (TPSA) is 206 Å². The van der Waals surface area contributed by atoms with E-state index in [0.717, 1.165) is 79.5 Å². The lowest BCUT2D eigenvalue weighted by molar-refractivity contribution is -0.160. The molecule has 15 nitrogen and oxygen atoms in total. The maximum Gasteiger partial charge on any atom is 0.407 e. The molecule has 396 valence electrons. The van der Waals surface area contributed by atoms with Gasteiger partial charge in [0.15, 0.2) is 5.67 Å². The van der Waals surface area contributed by atoms with E-state index < -0.39 is 53.1 Å². The Bertz CT molecular complexity index is 2290. The van der Waals surface area contributed by atoms with Crippen molar-refractivity contribution in [3.8, 4) is 16.2 Å². The van der Waals surface area contributed by atoms with Gasteiger partial charge in [0.2, 0.25) is 11.8 Å². The van der Waals surface area contributed by atoms with Crippen LogP contribution in [0.4, 0.5) is 9.18 Å². The summed E-state index contributed by atoms with van der Waals surface area (Å²) in [4.78, 5) is 72.3. The minimum absolute atomic E-state index is 0.0322. The highest BCUT2D eigenvalue weighted by Crippen LogP contribution is 2.45. The Morgan fingerprint density at radius 3 is 2.42 bits per heavy atom. The molecule has 2 saturated heterocycles. The molecule has 1 aromatic heterocycles. The maximum atomic E-state index is 14.7. The molecule has 2 aliphatic heterocycles. The number of aromatic nitrogens is 1. The number of aliphatic hydroxyl groups is 2. The predicted octanol–water partition coefficient (Wildman–Crippen LogP) is 8.19. The largest absolute Gasteiger partial charge is 0.493 e. The Balaban J connectivity index is 0.830. The Morgan fingerprint density at radius 2 is 1.72 bits per heavy atom. The standard InChI is InChI=1S/C55H78FN5O10S/c1-33-24-36-15-14-34(2)42(19-18-41-27-39(62)29-46(64)70-41)47(36)45(25-33)71-53(68)57-22-12-10-8-7-9-11-13-23-69-44-26-37(48-35(3)59-32-72-48)16-17-38(44)30-58-50(65)43-28-40(63)31-61(43)51(66)49(54(4,5)6)60-52(67)55(56)20-21-55/h14-17,24,26,32-34,39-43,45,47,49,62-63H,7-13,18-23,25,27-31H2,1-6H3,(H,57,68)(H,58,65)(H,60,67)/t33-,34-,39+,40-,41+,42-,43+,45-,47-,49-/m0/s1. The highest BCUT2D eigenvalue weighted by atomic mass is 32.1. The average Bonchev–Trinajstić information content (AvgIpc) is 3.73. The molecule has 0 unspecified atom stereocenters. The minimum Gasteiger partial charge on any atom is -0.493 e. The molecule has 3 aliphatic carbocycles. The summed E-state index contributed by atoms with van der Waals surface area (Å²) in [6, 6.07) is 3.79. The van der Waals surface area contributed by atoms with Gasteiger partial charge in [-0.05, 0) is 92.2 Å². The number of unbranched alkanes of at least 4 members (excludes halogenated alkanes) is 6. The highest BCUT2D eigenvalue weighted by Gasteiger charge is 2.53. The van der Waals surface area contributed by atoms with Crippen molar-refractivity contribution in [1.29, 1.82) is 0 Å². The van der Waals surface area contributed by atoms with Crippen molar-refractivity contribution in [1.82, 2.24) is 25.8 Å². The molecule has 10 atom stereocenters. The lowest BCUT2D eigenvalue weighted by Gasteiger charge is -2.43. The van der Waals surface area contributed by atoms with E-state index in [0.29, 0.717) is 31.7 Å². The third-order valence-corrected chi connectivity index (χ3v) is 16.1. The van der Waals surface area contributed by atoms with Crippen LogP contribution >= 0.6 is 11.3 Å². The first-order valence-electron chi connectivity index (χ1n) is 26.4. The second-order valence-corrected chi connectivity index (χ2v) is 23.1. The number of hydrogen-bond donors (Lipinski definition) is 5. The van der Waals surface area contributed by atoms with Gasteiger partial charge in [-0.3, -0.25) is 19.2 Å². The number of likely N-dealkylation sites (tertiary alicyclic amines) is 1. The van der Waals surface area contributed by atoms with Crippen LogP contribution in [0.25, 0.3) is 10.4 Å². The van der Waals surface area contributed by atoms with Crippen LogP contribution in [0.2, 0.25) is 0 Å².